The summed E-state index contributed by atoms with van der Waals surface area (Å²) >= 11 is 0. The molecule has 126 valence electrons. The van der Waals surface area contributed by atoms with Crippen molar-refractivity contribution in [2.75, 3.05) is 12.3 Å². The van der Waals surface area contributed by atoms with Gasteiger partial charge < -0.3 is 16.4 Å². The molecular formula is C14H21N5O4. The zero-order valence-electron chi connectivity index (χ0n) is 13.2. The minimum atomic E-state index is -0.755. The van der Waals surface area contributed by atoms with Crippen LogP contribution in [0.5, 0.6) is 0 Å². The first-order chi connectivity index (χ1) is 10.9. The zero-order valence-corrected chi connectivity index (χ0v) is 13.2. The molecule has 2 rings (SSSR count). The van der Waals surface area contributed by atoms with Crippen LogP contribution in [-0.2, 0) is 13.6 Å². The first-order valence-corrected chi connectivity index (χ1v) is 7.53. The van der Waals surface area contributed by atoms with Gasteiger partial charge in [-0.1, -0.05) is 6.92 Å². The lowest BCUT2D eigenvalue weighted by molar-refractivity contribution is 0.0990. The standard InChI is InChI=1S/C14H21N5O4/c1-3-6-19-11(15)10(12(21)18(2)14(19)23)9(20)7-16-13(22)17-8-4-5-8/h8H,3-7,15H2,1-2H3,(H2,16,17,22). The highest BCUT2D eigenvalue weighted by atomic mass is 16.2. The normalized spacial score (nSPS) is 13.7. The van der Waals surface area contributed by atoms with E-state index in [-0.39, 0.29) is 24.0 Å². The Hall–Kier alpha value is -2.58. The average Bonchev–Trinajstić information content (AvgIpc) is 3.31. The summed E-state index contributed by atoms with van der Waals surface area (Å²) in [6.45, 7) is 1.79. The summed E-state index contributed by atoms with van der Waals surface area (Å²) in [6.07, 6.45) is 2.48. The number of hydrogen-bond donors (Lipinski definition) is 3. The van der Waals surface area contributed by atoms with Crippen LogP contribution in [0, 0.1) is 0 Å². The third-order valence-corrected chi connectivity index (χ3v) is 3.63. The van der Waals surface area contributed by atoms with E-state index in [2.05, 4.69) is 10.6 Å². The van der Waals surface area contributed by atoms with Crippen molar-refractivity contribution in [3.63, 3.8) is 0 Å². The van der Waals surface area contributed by atoms with Crippen molar-refractivity contribution in [3.8, 4) is 0 Å². The van der Waals surface area contributed by atoms with E-state index >= 15 is 0 Å². The van der Waals surface area contributed by atoms with Crippen LogP contribution in [0.15, 0.2) is 9.59 Å². The highest BCUT2D eigenvalue weighted by Crippen LogP contribution is 2.18. The maximum Gasteiger partial charge on any atom is 0.332 e. The van der Waals surface area contributed by atoms with Crippen LogP contribution >= 0.6 is 0 Å². The van der Waals surface area contributed by atoms with Crippen LogP contribution in [0.25, 0.3) is 0 Å². The van der Waals surface area contributed by atoms with Crippen molar-refractivity contribution >= 4 is 17.6 Å². The number of carbonyl (C=O) groups excluding carboxylic acids is 2. The summed E-state index contributed by atoms with van der Waals surface area (Å²) in [4.78, 5) is 48.0. The number of nitrogens with one attached hydrogen (secondary N) is 2. The molecule has 4 N–H and O–H groups in total. The Labute approximate surface area is 132 Å². The maximum absolute atomic E-state index is 12.3. The molecule has 23 heavy (non-hydrogen) atoms. The van der Waals surface area contributed by atoms with Gasteiger partial charge in [0.15, 0.2) is 5.78 Å². The fourth-order valence-corrected chi connectivity index (χ4v) is 2.20. The second kappa shape index (κ2) is 6.67. The summed E-state index contributed by atoms with van der Waals surface area (Å²) in [7, 11) is 1.29. The van der Waals surface area contributed by atoms with E-state index in [0.717, 1.165) is 17.4 Å². The molecule has 1 heterocycles. The molecule has 1 aliphatic carbocycles. The van der Waals surface area contributed by atoms with Crippen molar-refractivity contribution in [1.29, 1.82) is 0 Å². The predicted molar refractivity (Wildman–Crippen MR) is 84.5 cm³/mol. The smallest absolute Gasteiger partial charge is 0.332 e. The minimum absolute atomic E-state index is 0.158. The van der Waals surface area contributed by atoms with Crippen LogP contribution in [0.2, 0.25) is 0 Å². The molecule has 2 amide bonds. The van der Waals surface area contributed by atoms with Gasteiger partial charge in [-0.3, -0.25) is 18.7 Å². The predicted octanol–water partition coefficient (Wildman–Crippen LogP) is -0.816. The molecule has 1 aromatic rings. The van der Waals surface area contributed by atoms with E-state index in [1.807, 2.05) is 6.92 Å². The molecule has 1 saturated carbocycles. The molecule has 0 saturated heterocycles. The molecule has 0 bridgehead atoms. The molecule has 0 atom stereocenters. The Bertz CT molecular complexity index is 745. The third-order valence-electron chi connectivity index (χ3n) is 3.63. The van der Waals surface area contributed by atoms with Gasteiger partial charge in [0.1, 0.15) is 11.4 Å². The van der Waals surface area contributed by atoms with E-state index in [1.54, 1.807) is 0 Å². The largest absolute Gasteiger partial charge is 0.384 e. The molecule has 0 radical (unpaired) electrons. The molecule has 0 aliphatic heterocycles. The highest BCUT2D eigenvalue weighted by Gasteiger charge is 2.25. The molecule has 1 aromatic heterocycles. The van der Waals surface area contributed by atoms with E-state index in [4.69, 9.17) is 5.73 Å². The number of hydrogen-bond acceptors (Lipinski definition) is 5. The molecule has 0 aromatic carbocycles. The number of urea groups is 1. The Balaban J connectivity index is 2.23. The summed E-state index contributed by atoms with van der Waals surface area (Å²) in [5.74, 6) is -0.784. The Morgan fingerprint density at radius 3 is 2.52 bits per heavy atom. The lowest BCUT2D eigenvalue weighted by Gasteiger charge is -2.14. The minimum Gasteiger partial charge on any atom is -0.384 e. The molecule has 1 aliphatic rings. The Morgan fingerprint density at radius 2 is 1.96 bits per heavy atom. The lowest BCUT2D eigenvalue weighted by Crippen LogP contribution is -2.45. The van der Waals surface area contributed by atoms with Gasteiger partial charge in [-0.05, 0) is 19.3 Å². The van der Waals surface area contributed by atoms with Crippen LogP contribution < -0.4 is 27.6 Å². The number of carbonyl (C=O) groups is 2. The van der Waals surface area contributed by atoms with Crippen molar-refractivity contribution in [3.05, 3.63) is 26.4 Å². The van der Waals surface area contributed by atoms with Gasteiger partial charge in [0.2, 0.25) is 0 Å². The number of nitrogen functional groups attached to an aromatic ring is 1. The van der Waals surface area contributed by atoms with Crippen molar-refractivity contribution in [2.45, 2.75) is 38.8 Å². The number of nitrogens with zero attached hydrogens (tertiary/aromatic N) is 2. The second-order valence-electron chi connectivity index (χ2n) is 5.58. The molecule has 0 unspecified atom stereocenters. The van der Waals surface area contributed by atoms with E-state index in [1.165, 1.54) is 11.6 Å². The average molecular weight is 323 g/mol. The second-order valence-corrected chi connectivity index (χ2v) is 5.58. The van der Waals surface area contributed by atoms with E-state index in [9.17, 15) is 19.2 Å². The monoisotopic (exact) mass is 323 g/mol. The van der Waals surface area contributed by atoms with Crippen molar-refractivity contribution < 1.29 is 9.59 Å². The summed E-state index contributed by atoms with van der Waals surface area (Å²) < 4.78 is 2.04. The number of anilines is 1. The van der Waals surface area contributed by atoms with Gasteiger partial charge >= 0.3 is 11.7 Å². The van der Waals surface area contributed by atoms with Gasteiger partial charge in [0, 0.05) is 19.6 Å². The summed E-state index contributed by atoms with van der Waals surface area (Å²) in [6, 6.07) is -0.298. The van der Waals surface area contributed by atoms with E-state index < -0.39 is 23.1 Å². The van der Waals surface area contributed by atoms with Gasteiger partial charge in [0.05, 0.1) is 6.54 Å². The van der Waals surface area contributed by atoms with Crippen LogP contribution in [-0.4, -0.2) is 33.5 Å². The van der Waals surface area contributed by atoms with Gasteiger partial charge in [-0.25, -0.2) is 9.59 Å². The molecule has 9 heteroatoms. The number of amides is 2. The fraction of sp³-hybridized carbons (Fsp3) is 0.571. The number of aromatic nitrogens is 2. The number of nitrogens with two attached hydrogens (primary N) is 1. The third kappa shape index (κ3) is 3.61. The molecule has 1 fully saturated rings. The van der Waals surface area contributed by atoms with E-state index in [0.29, 0.717) is 13.0 Å². The van der Waals surface area contributed by atoms with Crippen LogP contribution in [0.4, 0.5) is 10.6 Å². The number of ketones is 1. The summed E-state index contributed by atoms with van der Waals surface area (Å²) in [5, 5.41) is 5.07. The first-order valence-electron chi connectivity index (χ1n) is 7.53. The van der Waals surface area contributed by atoms with Gasteiger partial charge in [-0.15, -0.1) is 0 Å². The molecular weight excluding hydrogens is 302 g/mol. The molecule has 9 nitrogen and oxygen atoms in total. The van der Waals surface area contributed by atoms with Gasteiger partial charge in [0.25, 0.3) is 5.56 Å². The first kappa shape index (κ1) is 16.8. The zero-order chi connectivity index (χ0) is 17.1. The fourth-order valence-electron chi connectivity index (χ4n) is 2.20. The summed E-state index contributed by atoms with van der Waals surface area (Å²) in [5.41, 5.74) is 4.25. The van der Waals surface area contributed by atoms with Crippen LogP contribution in [0.3, 0.4) is 0 Å². The quantitative estimate of drug-likeness (QED) is 0.589. The number of Topliss-reactive ketones (excluding diaryl/α,β-unsaturated/α-hetero) is 1. The van der Waals surface area contributed by atoms with Crippen molar-refractivity contribution in [2.24, 2.45) is 7.05 Å². The number of rotatable bonds is 6. The van der Waals surface area contributed by atoms with Crippen molar-refractivity contribution in [1.82, 2.24) is 19.8 Å². The molecule has 0 spiro atoms. The topological polar surface area (TPSA) is 128 Å². The van der Waals surface area contributed by atoms with Crippen LogP contribution in [0.1, 0.15) is 36.5 Å². The highest BCUT2D eigenvalue weighted by molar-refractivity contribution is 6.02. The van der Waals surface area contributed by atoms with Gasteiger partial charge in [-0.2, -0.15) is 0 Å². The lowest BCUT2D eigenvalue weighted by atomic mass is 10.2. The Morgan fingerprint density at radius 1 is 1.30 bits per heavy atom. The maximum atomic E-state index is 12.3. The SMILES string of the molecule is CCCn1c(N)c(C(=O)CNC(=O)NC2CC2)c(=O)n(C)c1=O. The Kier molecular flexibility index (Phi) is 4.87.